The second kappa shape index (κ2) is 3.24. The molecule has 0 amide bonds. The molecule has 1 aliphatic heterocycles. The lowest BCUT2D eigenvalue weighted by molar-refractivity contribution is -0.0443. The quantitative estimate of drug-likeness (QED) is 0.683. The highest BCUT2D eigenvalue weighted by Crippen LogP contribution is 2.29. The third-order valence-corrected chi connectivity index (χ3v) is 1.82. The van der Waals surface area contributed by atoms with E-state index in [0.717, 1.165) is 0 Å². The number of hydrogen-bond acceptors (Lipinski definition) is 4. The van der Waals surface area contributed by atoms with Crippen molar-refractivity contribution >= 4 is 0 Å². The fourth-order valence-electron chi connectivity index (χ4n) is 1.30. The second-order valence-electron chi connectivity index (χ2n) is 2.86. The molecule has 0 spiro atoms. The molecule has 1 saturated heterocycles. The third kappa shape index (κ3) is 1.74. The molecule has 0 bridgehead atoms. The molecule has 0 unspecified atom stereocenters. The molecule has 1 aromatic rings. The summed E-state index contributed by atoms with van der Waals surface area (Å²) in [4.78, 5) is 0. The van der Waals surface area contributed by atoms with E-state index in [4.69, 9.17) is 9.47 Å². The Balaban J connectivity index is 2.28. The molecule has 1 heterocycles. The predicted molar refractivity (Wildman–Crippen MR) is 44.4 cm³/mol. The average molecular weight is 182 g/mol. The van der Waals surface area contributed by atoms with Crippen LogP contribution >= 0.6 is 0 Å². The molecule has 70 valence electrons. The molecular weight excluding hydrogens is 172 g/mol. The van der Waals surface area contributed by atoms with Gasteiger partial charge in [-0.15, -0.1) is 0 Å². The molecule has 4 heteroatoms. The maximum Gasteiger partial charge on any atom is 0.184 e. The van der Waals surface area contributed by atoms with Gasteiger partial charge in [-0.2, -0.15) is 0 Å². The lowest BCUT2D eigenvalue weighted by Crippen LogP contribution is -1.97. The van der Waals surface area contributed by atoms with Crippen LogP contribution < -0.4 is 0 Å². The van der Waals surface area contributed by atoms with E-state index in [2.05, 4.69) is 0 Å². The first kappa shape index (κ1) is 8.34. The molecule has 0 atom stereocenters. The van der Waals surface area contributed by atoms with E-state index in [1.54, 1.807) is 0 Å². The van der Waals surface area contributed by atoms with Crippen LogP contribution in [-0.2, 0) is 9.47 Å². The lowest BCUT2D eigenvalue weighted by Gasteiger charge is -2.09. The van der Waals surface area contributed by atoms with Crippen molar-refractivity contribution in [3.8, 4) is 11.5 Å². The van der Waals surface area contributed by atoms with E-state index in [1.807, 2.05) is 0 Å². The molecule has 4 nitrogen and oxygen atoms in total. The topological polar surface area (TPSA) is 58.9 Å². The Hall–Kier alpha value is -1.26. The summed E-state index contributed by atoms with van der Waals surface area (Å²) >= 11 is 0. The SMILES string of the molecule is Oc1cc(O)cc(C2OCCO2)c1. The Labute approximate surface area is 75.3 Å². The molecule has 2 rings (SSSR count). The van der Waals surface area contributed by atoms with Crippen molar-refractivity contribution in [2.24, 2.45) is 0 Å². The average Bonchev–Trinajstić information content (AvgIpc) is 2.53. The van der Waals surface area contributed by atoms with Gasteiger partial charge in [0.1, 0.15) is 11.5 Å². The van der Waals surface area contributed by atoms with Crippen LogP contribution in [0.5, 0.6) is 11.5 Å². The zero-order valence-electron chi connectivity index (χ0n) is 6.93. The molecule has 1 aromatic carbocycles. The van der Waals surface area contributed by atoms with E-state index >= 15 is 0 Å². The summed E-state index contributed by atoms with van der Waals surface area (Å²) in [6.07, 6.45) is -0.460. The predicted octanol–water partition coefficient (Wildman–Crippen LogP) is 1.14. The van der Waals surface area contributed by atoms with Crippen LogP contribution in [0.1, 0.15) is 11.9 Å². The maximum atomic E-state index is 9.18. The monoisotopic (exact) mass is 182 g/mol. The molecule has 13 heavy (non-hydrogen) atoms. The largest absolute Gasteiger partial charge is 0.508 e. The summed E-state index contributed by atoms with van der Waals surface area (Å²) in [6, 6.07) is 4.28. The molecule has 2 N–H and O–H groups in total. The molecular formula is C9H10O4. The van der Waals surface area contributed by atoms with E-state index < -0.39 is 6.29 Å². The normalized spacial score (nSPS) is 17.8. The zero-order valence-corrected chi connectivity index (χ0v) is 6.93. The van der Waals surface area contributed by atoms with Crippen LogP contribution in [0.25, 0.3) is 0 Å². The van der Waals surface area contributed by atoms with Gasteiger partial charge in [0.15, 0.2) is 6.29 Å². The minimum absolute atomic E-state index is 0.00843. The highest BCUT2D eigenvalue weighted by molar-refractivity contribution is 5.37. The lowest BCUT2D eigenvalue weighted by atomic mass is 10.2. The van der Waals surface area contributed by atoms with E-state index in [9.17, 15) is 10.2 Å². The van der Waals surface area contributed by atoms with E-state index in [0.29, 0.717) is 18.8 Å². The van der Waals surface area contributed by atoms with Gasteiger partial charge < -0.3 is 19.7 Å². The van der Waals surface area contributed by atoms with Crippen molar-refractivity contribution in [1.82, 2.24) is 0 Å². The van der Waals surface area contributed by atoms with Crippen LogP contribution in [0.15, 0.2) is 18.2 Å². The van der Waals surface area contributed by atoms with Gasteiger partial charge in [-0.05, 0) is 12.1 Å². The minimum Gasteiger partial charge on any atom is -0.508 e. The summed E-state index contributed by atoms with van der Waals surface area (Å²) in [7, 11) is 0. The van der Waals surface area contributed by atoms with Crippen LogP contribution in [0.2, 0.25) is 0 Å². The molecule has 0 aromatic heterocycles. The second-order valence-corrected chi connectivity index (χ2v) is 2.86. The first-order valence-electron chi connectivity index (χ1n) is 4.02. The Kier molecular flexibility index (Phi) is 2.08. The van der Waals surface area contributed by atoms with Crippen molar-refractivity contribution < 1.29 is 19.7 Å². The Bertz CT molecular complexity index is 284. The smallest absolute Gasteiger partial charge is 0.184 e. The Morgan fingerprint density at radius 2 is 1.54 bits per heavy atom. The van der Waals surface area contributed by atoms with Crippen LogP contribution in [0.4, 0.5) is 0 Å². The first-order chi connectivity index (χ1) is 6.25. The van der Waals surface area contributed by atoms with Gasteiger partial charge in [0.25, 0.3) is 0 Å². The van der Waals surface area contributed by atoms with E-state index in [-0.39, 0.29) is 11.5 Å². The van der Waals surface area contributed by atoms with Gasteiger partial charge in [-0.3, -0.25) is 0 Å². The fraction of sp³-hybridized carbons (Fsp3) is 0.333. The van der Waals surface area contributed by atoms with Crippen LogP contribution in [-0.4, -0.2) is 23.4 Å². The minimum atomic E-state index is -0.460. The molecule has 0 aliphatic carbocycles. The number of phenols is 2. The molecule has 1 fully saturated rings. The van der Waals surface area contributed by atoms with Gasteiger partial charge in [-0.1, -0.05) is 0 Å². The number of phenolic OH excluding ortho intramolecular Hbond substituents is 2. The summed E-state index contributed by atoms with van der Waals surface area (Å²) < 4.78 is 10.4. The summed E-state index contributed by atoms with van der Waals surface area (Å²) in [5.41, 5.74) is 0.634. The summed E-state index contributed by atoms with van der Waals surface area (Å²) in [5.74, 6) is 0.0169. The molecule has 0 radical (unpaired) electrons. The summed E-state index contributed by atoms with van der Waals surface area (Å²) in [6.45, 7) is 1.09. The Morgan fingerprint density at radius 1 is 1.00 bits per heavy atom. The van der Waals surface area contributed by atoms with Gasteiger partial charge in [0.05, 0.1) is 13.2 Å². The Morgan fingerprint density at radius 3 is 2.08 bits per heavy atom. The van der Waals surface area contributed by atoms with Gasteiger partial charge >= 0.3 is 0 Å². The first-order valence-corrected chi connectivity index (χ1v) is 4.02. The number of benzene rings is 1. The third-order valence-electron chi connectivity index (χ3n) is 1.82. The van der Waals surface area contributed by atoms with Gasteiger partial charge in [-0.25, -0.2) is 0 Å². The zero-order chi connectivity index (χ0) is 9.26. The maximum absolute atomic E-state index is 9.18. The highest BCUT2D eigenvalue weighted by Gasteiger charge is 2.19. The van der Waals surface area contributed by atoms with Gasteiger partial charge in [0.2, 0.25) is 0 Å². The van der Waals surface area contributed by atoms with Crippen molar-refractivity contribution in [3.05, 3.63) is 23.8 Å². The van der Waals surface area contributed by atoms with Crippen LogP contribution in [0, 0.1) is 0 Å². The number of hydrogen-bond donors (Lipinski definition) is 2. The van der Waals surface area contributed by atoms with Crippen molar-refractivity contribution in [2.75, 3.05) is 13.2 Å². The van der Waals surface area contributed by atoms with Gasteiger partial charge in [0, 0.05) is 11.6 Å². The molecule has 1 aliphatic rings. The van der Waals surface area contributed by atoms with E-state index in [1.165, 1.54) is 18.2 Å². The number of ether oxygens (including phenoxy) is 2. The van der Waals surface area contributed by atoms with Crippen molar-refractivity contribution in [1.29, 1.82) is 0 Å². The standard InChI is InChI=1S/C9H10O4/c10-7-3-6(4-8(11)5-7)9-12-1-2-13-9/h3-5,9-11H,1-2H2. The van der Waals surface area contributed by atoms with Crippen molar-refractivity contribution in [3.63, 3.8) is 0 Å². The number of rotatable bonds is 1. The summed E-state index contributed by atoms with van der Waals surface area (Å²) in [5, 5.41) is 18.4. The van der Waals surface area contributed by atoms with Crippen molar-refractivity contribution in [2.45, 2.75) is 6.29 Å². The number of aromatic hydroxyl groups is 2. The highest BCUT2D eigenvalue weighted by atomic mass is 16.7. The van der Waals surface area contributed by atoms with Crippen LogP contribution in [0.3, 0.4) is 0 Å². The molecule has 0 saturated carbocycles. The fourth-order valence-corrected chi connectivity index (χ4v) is 1.30.